The molecule has 0 bridgehead atoms. The summed E-state index contributed by atoms with van der Waals surface area (Å²) in [6.07, 6.45) is 1.10. The zero-order chi connectivity index (χ0) is 14.2. The van der Waals surface area contributed by atoms with E-state index in [1.807, 2.05) is 0 Å². The number of nitrogens with one attached hydrogen (secondary N) is 2. The van der Waals surface area contributed by atoms with E-state index in [1.54, 1.807) is 18.2 Å². The van der Waals surface area contributed by atoms with Crippen molar-refractivity contribution in [3.8, 4) is 0 Å². The zero-order valence-electron chi connectivity index (χ0n) is 9.94. The average molecular weight is 303 g/mol. The van der Waals surface area contributed by atoms with Crippen LogP contribution in [0.1, 0.15) is 10.9 Å². The number of alkyl halides is 1. The molecule has 0 amide bonds. The Kier molecular flexibility index (Phi) is 3.51. The van der Waals surface area contributed by atoms with E-state index in [-0.39, 0.29) is 5.75 Å². The van der Waals surface area contributed by atoms with Crippen molar-refractivity contribution in [3.05, 3.63) is 44.5 Å². The van der Waals surface area contributed by atoms with Crippen LogP contribution in [0.5, 0.6) is 0 Å². The minimum absolute atomic E-state index is 0.201. The largest absolute Gasteiger partial charge is 0.316 e. The van der Waals surface area contributed by atoms with E-state index in [0.29, 0.717) is 16.6 Å². The molecule has 2 rings (SSSR count). The van der Waals surface area contributed by atoms with Crippen LogP contribution in [0.25, 0.3) is 11.0 Å². The molecule has 102 valence electrons. The first-order valence-electron chi connectivity index (χ1n) is 5.34. The van der Waals surface area contributed by atoms with Crippen molar-refractivity contribution in [2.45, 2.75) is 5.38 Å². The van der Waals surface area contributed by atoms with Gasteiger partial charge in [-0.1, -0.05) is 6.07 Å². The molecular weight excluding hydrogens is 292 g/mol. The van der Waals surface area contributed by atoms with Crippen molar-refractivity contribution in [2.75, 3.05) is 12.0 Å². The Morgan fingerprint density at radius 3 is 2.32 bits per heavy atom. The number of H-pyrrole nitrogens is 2. The van der Waals surface area contributed by atoms with E-state index in [2.05, 4.69) is 9.97 Å². The van der Waals surface area contributed by atoms with Gasteiger partial charge in [-0.15, -0.1) is 11.6 Å². The smallest absolute Gasteiger partial charge is 0.314 e. The third kappa shape index (κ3) is 3.24. The van der Waals surface area contributed by atoms with Gasteiger partial charge in [-0.2, -0.15) is 0 Å². The lowest BCUT2D eigenvalue weighted by Crippen LogP contribution is -2.28. The summed E-state index contributed by atoms with van der Waals surface area (Å²) in [7, 11) is -3.20. The predicted octanol–water partition coefficient (Wildman–Crippen LogP) is 0.541. The molecule has 6 nitrogen and oxygen atoms in total. The molecule has 0 radical (unpaired) electrons. The summed E-state index contributed by atoms with van der Waals surface area (Å²) >= 11 is 6.02. The van der Waals surface area contributed by atoms with Gasteiger partial charge >= 0.3 is 11.1 Å². The van der Waals surface area contributed by atoms with Gasteiger partial charge in [-0.05, 0) is 17.7 Å². The number of halogens is 1. The molecule has 19 heavy (non-hydrogen) atoms. The lowest BCUT2D eigenvalue weighted by atomic mass is 10.1. The first-order chi connectivity index (χ1) is 8.76. The highest BCUT2D eigenvalue weighted by Crippen LogP contribution is 2.23. The van der Waals surface area contributed by atoms with Gasteiger partial charge in [0.15, 0.2) is 0 Å². The van der Waals surface area contributed by atoms with Crippen molar-refractivity contribution in [2.24, 2.45) is 0 Å². The van der Waals surface area contributed by atoms with E-state index in [0.717, 1.165) is 6.26 Å². The van der Waals surface area contributed by atoms with E-state index >= 15 is 0 Å². The minimum Gasteiger partial charge on any atom is -0.316 e. The van der Waals surface area contributed by atoms with Gasteiger partial charge < -0.3 is 9.97 Å². The lowest BCUT2D eigenvalue weighted by Gasteiger charge is -2.09. The van der Waals surface area contributed by atoms with Crippen LogP contribution in [-0.2, 0) is 9.84 Å². The Morgan fingerprint density at radius 1 is 1.16 bits per heavy atom. The first kappa shape index (κ1) is 13.8. The van der Waals surface area contributed by atoms with Crippen molar-refractivity contribution in [3.63, 3.8) is 0 Å². The predicted molar refractivity (Wildman–Crippen MR) is 73.5 cm³/mol. The highest BCUT2D eigenvalue weighted by molar-refractivity contribution is 7.90. The summed E-state index contributed by atoms with van der Waals surface area (Å²) in [5.41, 5.74) is -0.0854. The number of hydrogen-bond donors (Lipinski definition) is 2. The SMILES string of the molecule is CS(=O)(=O)CC(Cl)c1ccc2[nH]c(=O)c(=O)[nH]c2c1. The third-order valence-electron chi connectivity index (χ3n) is 2.56. The van der Waals surface area contributed by atoms with Gasteiger partial charge in [0, 0.05) is 6.26 Å². The van der Waals surface area contributed by atoms with E-state index in [1.165, 1.54) is 0 Å². The number of aromatic amines is 2. The summed E-state index contributed by atoms with van der Waals surface area (Å²) in [5, 5.41) is -0.713. The van der Waals surface area contributed by atoms with Crippen LogP contribution in [0, 0.1) is 0 Å². The molecule has 0 saturated carbocycles. The molecule has 8 heteroatoms. The second kappa shape index (κ2) is 4.82. The monoisotopic (exact) mass is 302 g/mol. The zero-order valence-corrected chi connectivity index (χ0v) is 11.5. The van der Waals surface area contributed by atoms with Crippen LogP contribution in [0.4, 0.5) is 0 Å². The maximum atomic E-state index is 11.2. The Bertz CT molecular complexity index is 838. The lowest BCUT2D eigenvalue weighted by molar-refractivity contribution is 0.600. The molecule has 1 aromatic carbocycles. The van der Waals surface area contributed by atoms with E-state index < -0.39 is 26.3 Å². The molecular formula is C11H11ClN2O4S. The first-order valence-corrected chi connectivity index (χ1v) is 7.84. The maximum Gasteiger partial charge on any atom is 0.314 e. The van der Waals surface area contributed by atoms with Gasteiger partial charge in [-0.3, -0.25) is 9.59 Å². The van der Waals surface area contributed by atoms with Crippen molar-refractivity contribution < 1.29 is 8.42 Å². The van der Waals surface area contributed by atoms with Gasteiger partial charge in [0.2, 0.25) is 0 Å². The van der Waals surface area contributed by atoms with Crippen LogP contribution in [0.2, 0.25) is 0 Å². The van der Waals surface area contributed by atoms with E-state index in [9.17, 15) is 18.0 Å². The molecule has 0 saturated heterocycles. The van der Waals surface area contributed by atoms with Crippen molar-refractivity contribution in [1.82, 2.24) is 9.97 Å². The molecule has 2 aromatic rings. The number of sulfone groups is 1. The van der Waals surface area contributed by atoms with Crippen LogP contribution >= 0.6 is 11.6 Å². The number of fused-ring (bicyclic) bond motifs is 1. The molecule has 1 unspecified atom stereocenters. The van der Waals surface area contributed by atoms with Gasteiger partial charge in [0.25, 0.3) is 0 Å². The summed E-state index contributed by atoms with van der Waals surface area (Å²) in [4.78, 5) is 27.2. The Morgan fingerprint density at radius 2 is 1.74 bits per heavy atom. The Labute approximate surface area is 113 Å². The second-order valence-corrected chi connectivity index (χ2v) is 6.98. The average Bonchev–Trinajstić information content (AvgIpc) is 2.27. The highest BCUT2D eigenvalue weighted by Gasteiger charge is 2.15. The maximum absolute atomic E-state index is 11.2. The Balaban J connectivity index is 2.50. The van der Waals surface area contributed by atoms with Crippen LogP contribution in [0.3, 0.4) is 0 Å². The Hall–Kier alpha value is -1.60. The fourth-order valence-electron chi connectivity index (χ4n) is 1.69. The molecule has 2 N–H and O–H groups in total. The molecule has 1 atom stereocenters. The minimum atomic E-state index is -3.20. The van der Waals surface area contributed by atoms with Crippen LogP contribution in [-0.4, -0.2) is 30.4 Å². The van der Waals surface area contributed by atoms with Crippen molar-refractivity contribution >= 4 is 32.5 Å². The van der Waals surface area contributed by atoms with Gasteiger partial charge in [-0.25, -0.2) is 8.42 Å². The number of rotatable bonds is 3. The standard InChI is InChI=1S/C11H11ClN2O4S/c1-19(17,18)5-7(12)6-2-3-8-9(4-6)14-11(16)10(15)13-8/h2-4,7H,5H2,1H3,(H,13,15)(H,14,16). The number of hydrogen-bond acceptors (Lipinski definition) is 4. The van der Waals surface area contributed by atoms with Crippen molar-refractivity contribution in [1.29, 1.82) is 0 Å². The van der Waals surface area contributed by atoms with Gasteiger partial charge in [0.1, 0.15) is 9.84 Å². The quantitative estimate of drug-likeness (QED) is 0.638. The normalized spacial score (nSPS) is 13.6. The summed E-state index contributed by atoms with van der Waals surface area (Å²) in [6.45, 7) is 0. The fraction of sp³-hybridized carbons (Fsp3) is 0.273. The molecule has 0 spiro atoms. The molecule has 1 aromatic heterocycles. The molecule has 0 aliphatic heterocycles. The van der Waals surface area contributed by atoms with Crippen LogP contribution in [0.15, 0.2) is 27.8 Å². The number of aromatic nitrogens is 2. The summed E-state index contributed by atoms with van der Waals surface area (Å²) < 4.78 is 22.4. The second-order valence-electron chi connectivity index (χ2n) is 4.27. The molecule has 1 heterocycles. The fourth-order valence-corrected chi connectivity index (χ4v) is 3.24. The molecule has 0 fully saturated rings. The topological polar surface area (TPSA) is 99.9 Å². The summed E-state index contributed by atoms with van der Waals surface area (Å²) in [6, 6.07) is 4.73. The summed E-state index contributed by atoms with van der Waals surface area (Å²) in [5.74, 6) is -0.201. The molecule has 0 aliphatic carbocycles. The number of benzene rings is 1. The highest BCUT2D eigenvalue weighted by atomic mass is 35.5. The van der Waals surface area contributed by atoms with E-state index in [4.69, 9.17) is 11.6 Å². The molecule has 0 aliphatic rings. The van der Waals surface area contributed by atoms with Crippen LogP contribution < -0.4 is 11.1 Å². The third-order valence-corrected chi connectivity index (χ3v) is 4.09. The van der Waals surface area contributed by atoms with Gasteiger partial charge in [0.05, 0.1) is 22.2 Å².